The number of benzene rings is 2. The molecule has 0 atom stereocenters. The fourth-order valence-electron chi connectivity index (χ4n) is 3.61. The van der Waals surface area contributed by atoms with Crippen molar-refractivity contribution in [1.82, 2.24) is 9.78 Å². The van der Waals surface area contributed by atoms with Crippen LogP contribution >= 0.6 is 0 Å². The van der Waals surface area contributed by atoms with Crippen molar-refractivity contribution >= 4 is 158 Å². The van der Waals surface area contributed by atoms with Crippen LogP contribution in [0.5, 0.6) is 0 Å². The largest absolute Gasteiger partial charge is 0.477 e. The summed E-state index contributed by atoms with van der Waals surface area (Å²) in [6.07, 6.45) is 3.01. The summed E-state index contributed by atoms with van der Waals surface area (Å²) in [5.41, 5.74) is -3.08. The van der Waals surface area contributed by atoms with Crippen LogP contribution in [0.4, 0.5) is 5.69 Å². The van der Waals surface area contributed by atoms with Gasteiger partial charge in [-0.05, 0) is 60.7 Å². The molecule has 0 saturated carbocycles. The Morgan fingerprint density at radius 1 is 0.791 bits per heavy atom. The van der Waals surface area contributed by atoms with Crippen molar-refractivity contribution in [3.63, 3.8) is 0 Å². The van der Waals surface area contributed by atoms with Crippen molar-refractivity contribution in [3.05, 3.63) is 87.9 Å². The Labute approximate surface area is 327 Å². The maximum atomic E-state index is 13.0. The Morgan fingerprint density at radius 2 is 1.28 bits per heavy atom. The Morgan fingerprint density at radius 3 is 1.72 bits per heavy atom. The standard InChI is InChI=1S/C23H16N4O12S2.2K/c28-20-16(18(22(30)31)24-26(20)12-4-8-14(9-5-12)40(34,35)36)2-1-3-17-19(23(32)33)25-27(21(17)29)13-6-10-15(11-7-13)41(37,38)39;;/h1-11,24H,(H,30,31)(H,32,33)(H,34,35,36)(H,37,38,39);;. The number of aromatic amines is 1. The van der Waals surface area contributed by atoms with E-state index < -0.39 is 76.0 Å². The molecule has 2 radical (unpaired) electrons. The molecule has 0 bridgehead atoms. The molecule has 0 aliphatic carbocycles. The van der Waals surface area contributed by atoms with E-state index in [0.717, 1.165) is 71.4 Å². The normalized spacial score (nSPS) is 14.4. The van der Waals surface area contributed by atoms with Crippen molar-refractivity contribution in [2.24, 2.45) is 5.10 Å². The molecule has 5 N–H and O–H groups in total. The fourth-order valence-corrected chi connectivity index (χ4v) is 4.57. The van der Waals surface area contributed by atoms with Crippen LogP contribution < -0.4 is 10.6 Å². The van der Waals surface area contributed by atoms with Gasteiger partial charge in [0, 0.05) is 103 Å². The number of nitrogens with zero attached hydrogens (tertiary/aromatic N) is 3. The van der Waals surface area contributed by atoms with Crippen LogP contribution in [0.3, 0.4) is 0 Å². The first-order chi connectivity index (χ1) is 19.1. The third-order valence-corrected chi connectivity index (χ3v) is 7.25. The van der Waals surface area contributed by atoms with E-state index in [1.54, 1.807) is 0 Å². The molecule has 214 valence electrons. The Balaban J connectivity index is 0.00000323. The number of carbonyl (C=O) groups is 3. The van der Waals surface area contributed by atoms with Gasteiger partial charge in [-0.2, -0.15) is 26.9 Å². The van der Waals surface area contributed by atoms with E-state index in [9.17, 15) is 46.2 Å². The summed E-state index contributed by atoms with van der Waals surface area (Å²) in [5, 5.41) is 25.8. The first kappa shape index (κ1) is 37.3. The maximum absolute atomic E-state index is 13.0. The van der Waals surface area contributed by atoms with Crippen LogP contribution in [0.2, 0.25) is 0 Å². The van der Waals surface area contributed by atoms with E-state index in [4.69, 9.17) is 9.11 Å². The molecule has 20 heteroatoms. The summed E-state index contributed by atoms with van der Waals surface area (Å²) in [5.74, 6) is -4.10. The topological polar surface area (TPSA) is 254 Å². The average Bonchev–Trinajstić information content (AvgIpc) is 3.40. The third kappa shape index (κ3) is 8.23. The van der Waals surface area contributed by atoms with E-state index >= 15 is 0 Å². The van der Waals surface area contributed by atoms with Gasteiger partial charge in [0.1, 0.15) is 0 Å². The minimum absolute atomic E-state index is 0. The number of hydrogen-bond acceptors (Lipinski definition) is 9. The second kappa shape index (κ2) is 14.5. The van der Waals surface area contributed by atoms with Gasteiger partial charge < -0.3 is 10.2 Å². The molecule has 43 heavy (non-hydrogen) atoms. The molecule has 1 aromatic heterocycles. The van der Waals surface area contributed by atoms with Crippen molar-refractivity contribution in [1.29, 1.82) is 0 Å². The second-order valence-electron chi connectivity index (χ2n) is 8.09. The van der Waals surface area contributed by atoms with Crippen molar-refractivity contribution in [2.45, 2.75) is 9.79 Å². The zero-order valence-electron chi connectivity index (χ0n) is 22.1. The van der Waals surface area contributed by atoms with Gasteiger partial charge in [-0.3, -0.25) is 23.8 Å². The van der Waals surface area contributed by atoms with Crippen LogP contribution in [0.1, 0.15) is 16.1 Å². The van der Waals surface area contributed by atoms with E-state index in [-0.39, 0.29) is 114 Å². The number of rotatable bonds is 8. The van der Waals surface area contributed by atoms with Gasteiger partial charge in [0.25, 0.3) is 31.7 Å². The quantitative estimate of drug-likeness (QED) is 0.120. The molecule has 0 unspecified atom stereocenters. The van der Waals surface area contributed by atoms with Gasteiger partial charge in [-0.25, -0.2) is 14.3 Å². The molecule has 1 aliphatic heterocycles. The first-order valence-corrected chi connectivity index (χ1v) is 13.8. The molecule has 2 heterocycles. The van der Waals surface area contributed by atoms with E-state index in [1.165, 1.54) is 0 Å². The molecule has 1 aliphatic rings. The minimum atomic E-state index is -4.53. The number of hydrogen-bond donors (Lipinski definition) is 5. The number of allylic oxidation sites excluding steroid dienone is 2. The molecule has 0 fully saturated rings. The molecule has 16 nitrogen and oxygen atoms in total. The monoisotopic (exact) mass is 682 g/mol. The van der Waals surface area contributed by atoms with Gasteiger partial charge in [-0.1, -0.05) is 6.08 Å². The van der Waals surface area contributed by atoms with Gasteiger partial charge >= 0.3 is 11.9 Å². The summed E-state index contributed by atoms with van der Waals surface area (Å²) in [6, 6.07) is 8.38. The van der Waals surface area contributed by atoms with E-state index in [0.29, 0.717) is 5.01 Å². The number of carbonyl (C=O) groups excluding carboxylic acids is 1. The van der Waals surface area contributed by atoms with Crippen LogP contribution in [0, 0.1) is 0 Å². The predicted octanol–water partition coefficient (Wildman–Crippen LogP) is 0.0226. The van der Waals surface area contributed by atoms with E-state index in [1.807, 2.05) is 0 Å². The Hall–Kier alpha value is -1.90. The molecule has 3 aromatic rings. The summed E-state index contributed by atoms with van der Waals surface area (Å²) < 4.78 is 64.0. The molecular weight excluding hydrogens is 667 g/mol. The number of aliphatic carboxylic acids is 1. The van der Waals surface area contributed by atoms with Gasteiger partial charge in [-0.15, -0.1) is 0 Å². The number of H-pyrrole nitrogens is 1. The molecule has 2 aromatic carbocycles. The summed E-state index contributed by atoms with van der Waals surface area (Å²) in [6.45, 7) is 0. The number of aromatic carboxylic acids is 1. The van der Waals surface area contributed by atoms with Gasteiger partial charge in [0.2, 0.25) is 0 Å². The van der Waals surface area contributed by atoms with Crippen LogP contribution in [0.25, 0.3) is 11.8 Å². The predicted molar refractivity (Wildman–Crippen MR) is 151 cm³/mol. The molecular formula is C23H16K2N4O12S2. The SMILES string of the molecule is O=C(O)C1=NN(c2ccc(S(=O)(=O)O)cc2)C(=O)C1=CC=Cc1c(C(=O)O)[nH]n(-c2ccc(S(=O)(=O)O)cc2)c1=O.[K].[K]. The van der Waals surface area contributed by atoms with Crippen molar-refractivity contribution in [3.8, 4) is 5.69 Å². The molecule has 4 rings (SSSR count). The number of amides is 1. The maximum Gasteiger partial charge on any atom is 0.357 e. The third-order valence-electron chi connectivity index (χ3n) is 5.52. The summed E-state index contributed by atoms with van der Waals surface area (Å²) in [4.78, 5) is 48.4. The van der Waals surface area contributed by atoms with Gasteiger partial charge in [0.15, 0.2) is 11.4 Å². The minimum Gasteiger partial charge on any atom is -0.477 e. The van der Waals surface area contributed by atoms with Crippen LogP contribution in [-0.4, -0.2) is 172 Å². The number of aromatic nitrogens is 2. The molecule has 0 spiro atoms. The van der Waals surface area contributed by atoms with Crippen molar-refractivity contribution in [2.75, 3.05) is 5.01 Å². The zero-order chi connectivity index (χ0) is 30.3. The van der Waals surface area contributed by atoms with Crippen molar-refractivity contribution < 1.29 is 50.5 Å². The Bertz CT molecular complexity index is 1980. The summed E-state index contributed by atoms with van der Waals surface area (Å²) in [7, 11) is -9.05. The number of anilines is 1. The van der Waals surface area contributed by atoms with Gasteiger partial charge in [0.05, 0.1) is 32.3 Å². The average molecular weight is 683 g/mol. The van der Waals surface area contributed by atoms with Crippen LogP contribution in [0.15, 0.2) is 85.9 Å². The zero-order valence-corrected chi connectivity index (χ0v) is 29.9. The number of hydrazone groups is 1. The number of nitrogens with one attached hydrogen (secondary N) is 1. The van der Waals surface area contributed by atoms with Crippen LogP contribution in [-0.2, 0) is 29.8 Å². The summed E-state index contributed by atoms with van der Waals surface area (Å²) >= 11 is 0. The Kier molecular flexibility index (Phi) is 12.5. The molecule has 0 saturated heterocycles. The number of carboxylic acids is 2. The molecule has 1 amide bonds. The smallest absolute Gasteiger partial charge is 0.357 e. The van der Waals surface area contributed by atoms with E-state index in [2.05, 4.69) is 10.2 Å². The number of carboxylic acid groups (broad SMARTS) is 2. The first-order valence-electron chi connectivity index (χ1n) is 10.9. The second-order valence-corrected chi connectivity index (χ2v) is 10.9. The fraction of sp³-hybridized carbons (Fsp3) is 0.